The van der Waals surface area contributed by atoms with Gasteiger partial charge in [0, 0.05) is 18.7 Å². The summed E-state index contributed by atoms with van der Waals surface area (Å²) in [6.07, 6.45) is 9.81. The lowest BCUT2D eigenvalue weighted by atomic mass is 9.40. The van der Waals surface area contributed by atoms with Gasteiger partial charge in [-0.15, -0.1) is 0 Å². The van der Waals surface area contributed by atoms with Crippen LogP contribution in [-0.4, -0.2) is 25.7 Å². The van der Waals surface area contributed by atoms with Gasteiger partial charge in [-0.1, -0.05) is 13.8 Å². The van der Waals surface area contributed by atoms with Gasteiger partial charge in [-0.3, -0.25) is 9.69 Å². The van der Waals surface area contributed by atoms with Gasteiger partial charge >= 0.3 is 6.09 Å². The zero-order valence-corrected chi connectivity index (χ0v) is 18.6. The molecule has 1 aliphatic heterocycles. The van der Waals surface area contributed by atoms with Crippen molar-refractivity contribution < 1.29 is 14.3 Å². The Kier molecular flexibility index (Phi) is 4.46. The first-order valence-corrected chi connectivity index (χ1v) is 11.5. The van der Waals surface area contributed by atoms with Gasteiger partial charge in [0.25, 0.3) is 0 Å². The minimum absolute atomic E-state index is 0.143. The van der Waals surface area contributed by atoms with Crippen molar-refractivity contribution in [3.8, 4) is 0 Å². The number of hydrogen-bond donors (Lipinski definition) is 1. The standard InChI is InChI=1S/C25H34N2O3/c1-23-10-17-11-24(2,14-23)16-25(12-17,15-23)13-21(28)26-19-6-7-20-18(9-19)5-4-8-27(20)22(29)30-3/h6-7,9,17H,4-5,8,10-16H2,1-3H3,(H,26,28). The summed E-state index contributed by atoms with van der Waals surface area (Å²) in [5.41, 5.74) is 3.87. The fourth-order valence-corrected chi connectivity index (χ4v) is 8.40. The number of amides is 2. The van der Waals surface area contributed by atoms with Crippen LogP contribution in [0.2, 0.25) is 0 Å². The number of aryl methyl sites for hydroxylation is 1. The predicted molar refractivity (Wildman–Crippen MR) is 118 cm³/mol. The molecule has 1 heterocycles. The third-order valence-corrected chi connectivity index (χ3v) is 8.15. The first kappa shape index (κ1) is 19.9. The van der Waals surface area contributed by atoms with Crippen LogP contribution >= 0.6 is 0 Å². The lowest BCUT2D eigenvalue weighted by molar-refractivity contribution is -0.153. The molecule has 4 bridgehead atoms. The molecule has 0 spiro atoms. The molecule has 6 rings (SSSR count). The highest BCUT2D eigenvalue weighted by molar-refractivity contribution is 5.93. The number of ether oxygens (including phenoxy) is 1. The van der Waals surface area contributed by atoms with E-state index in [1.54, 1.807) is 4.90 Å². The largest absolute Gasteiger partial charge is 0.452 e. The molecule has 162 valence electrons. The lowest BCUT2D eigenvalue weighted by Crippen LogP contribution is -2.55. The predicted octanol–water partition coefficient (Wildman–Crippen LogP) is 5.53. The van der Waals surface area contributed by atoms with E-state index >= 15 is 0 Å². The molecule has 1 aromatic carbocycles. The van der Waals surface area contributed by atoms with Crippen LogP contribution in [0.15, 0.2) is 18.2 Å². The number of anilines is 2. The molecule has 1 N–H and O–H groups in total. The molecule has 30 heavy (non-hydrogen) atoms. The fraction of sp³-hybridized carbons (Fsp3) is 0.680. The second kappa shape index (κ2) is 6.73. The Morgan fingerprint density at radius 3 is 2.53 bits per heavy atom. The second-order valence-corrected chi connectivity index (χ2v) is 11.4. The van der Waals surface area contributed by atoms with Crippen LogP contribution < -0.4 is 10.2 Å². The van der Waals surface area contributed by atoms with Crippen LogP contribution in [0.4, 0.5) is 16.2 Å². The normalized spacial score (nSPS) is 36.4. The van der Waals surface area contributed by atoms with Crippen LogP contribution in [0, 0.1) is 22.2 Å². The highest BCUT2D eigenvalue weighted by Crippen LogP contribution is 2.70. The van der Waals surface area contributed by atoms with Gasteiger partial charge in [-0.25, -0.2) is 4.79 Å². The summed E-state index contributed by atoms with van der Waals surface area (Å²) < 4.78 is 4.91. The van der Waals surface area contributed by atoms with E-state index in [4.69, 9.17) is 4.74 Å². The molecular formula is C25H34N2O3. The first-order valence-electron chi connectivity index (χ1n) is 11.5. The van der Waals surface area contributed by atoms with Crippen LogP contribution in [0.5, 0.6) is 0 Å². The lowest BCUT2D eigenvalue weighted by Gasteiger charge is -2.65. The zero-order valence-electron chi connectivity index (χ0n) is 18.6. The molecule has 0 aromatic heterocycles. The van der Waals surface area contributed by atoms with Crippen molar-refractivity contribution in [2.45, 2.75) is 71.6 Å². The Morgan fingerprint density at radius 1 is 1.13 bits per heavy atom. The summed E-state index contributed by atoms with van der Waals surface area (Å²) in [6, 6.07) is 5.89. The van der Waals surface area contributed by atoms with Gasteiger partial charge in [0.15, 0.2) is 0 Å². The summed E-state index contributed by atoms with van der Waals surface area (Å²) in [7, 11) is 1.41. The average molecular weight is 411 g/mol. The molecule has 0 radical (unpaired) electrons. The maximum atomic E-state index is 13.1. The SMILES string of the molecule is COC(=O)N1CCCc2cc(NC(=O)CC34CC5CC(C)(CC(C)(C5)C3)C4)ccc21. The number of benzene rings is 1. The minimum Gasteiger partial charge on any atom is -0.452 e. The van der Waals surface area contributed by atoms with E-state index in [2.05, 4.69) is 19.2 Å². The highest BCUT2D eigenvalue weighted by atomic mass is 16.5. The quantitative estimate of drug-likeness (QED) is 0.713. The summed E-state index contributed by atoms with van der Waals surface area (Å²) in [6.45, 7) is 5.59. The van der Waals surface area contributed by atoms with Crippen molar-refractivity contribution in [1.82, 2.24) is 0 Å². The molecule has 1 aromatic rings. The van der Waals surface area contributed by atoms with Crippen LogP contribution in [-0.2, 0) is 16.0 Å². The number of nitrogens with one attached hydrogen (secondary N) is 1. The van der Waals surface area contributed by atoms with E-state index in [0.717, 1.165) is 35.7 Å². The Labute approximate surface area is 179 Å². The topological polar surface area (TPSA) is 58.6 Å². The number of methoxy groups -OCH3 is 1. The van der Waals surface area contributed by atoms with Gasteiger partial charge in [-0.2, -0.15) is 0 Å². The van der Waals surface area contributed by atoms with E-state index in [-0.39, 0.29) is 17.4 Å². The van der Waals surface area contributed by atoms with Crippen molar-refractivity contribution in [3.05, 3.63) is 23.8 Å². The summed E-state index contributed by atoms with van der Waals surface area (Å²) >= 11 is 0. The van der Waals surface area contributed by atoms with E-state index < -0.39 is 0 Å². The van der Waals surface area contributed by atoms with Crippen LogP contribution in [0.3, 0.4) is 0 Å². The second-order valence-electron chi connectivity index (χ2n) is 11.4. The third kappa shape index (κ3) is 3.40. The van der Waals surface area contributed by atoms with Gasteiger partial charge in [0.2, 0.25) is 5.91 Å². The maximum absolute atomic E-state index is 13.1. The molecule has 0 saturated heterocycles. The molecule has 4 fully saturated rings. The van der Waals surface area contributed by atoms with Gasteiger partial charge in [0.1, 0.15) is 0 Å². The van der Waals surface area contributed by atoms with E-state index in [1.165, 1.54) is 45.6 Å². The molecule has 2 amide bonds. The van der Waals surface area contributed by atoms with Crippen molar-refractivity contribution in [1.29, 1.82) is 0 Å². The molecule has 5 heteroatoms. The first-order chi connectivity index (χ1) is 14.2. The van der Waals surface area contributed by atoms with E-state index in [0.29, 0.717) is 23.8 Å². The van der Waals surface area contributed by atoms with Gasteiger partial charge < -0.3 is 10.1 Å². The van der Waals surface area contributed by atoms with Crippen LogP contribution in [0.1, 0.15) is 70.8 Å². The average Bonchev–Trinajstić information content (AvgIpc) is 2.63. The number of nitrogens with zero attached hydrogens (tertiary/aromatic N) is 1. The van der Waals surface area contributed by atoms with Crippen molar-refractivity contribution >= 4 is 23.4 Å². The molecule has 5 aliphatic rings. The molecular weight excluding hydrogens is 376 g/mol. The van der Waals surface area contributed by atoms with Gasteiger partial charge in [-0.05, 0) is 97.3 Å². The fourth-order valence-electron chi connectivity index (χ4n) is 8.40. The number of fused-ring (bicyclic) bond motifs is 1. The Balaban J connectivity index is 1.30. The number of hydrogen-bond acceptors (Lipinski definition) is 3. The third-order valence-electron chi connectivity index (χ3n) is 8.15. The van der Waals surface area contributed by atoms with E-state index in [9.17, 15) is 9.59 Å². The Hall–Kier alpha value is -2.04. The molecule has 2 unspecified atom stereocenters. The van der Waals surface area contributed by atoms with E-state index in [1.807, 2.05) is 18.2 Å². The molecule has 4 aliphatic carbocycles. The monoisotopic (exact) mass is 410 g/mol. The number of carbonyl (C=O) groups is 2. The van der Waals surface area contributed by atoms with Crippen molar-refractivity contribution in [2.75, 3.05) is 23.9 Å². The van der Waals surface area contributed by atoms with Gasteiger partial charge in [0.05, 0.1) is 12.8 Å². The van der Waals surface area contributed by atoms with Crippen molar-refractivity contribution in [3.63, 3.8) is 0 Å². The number of carbonyl (C=O) groups excluding carboxylic acids is 2. The zero-order chi connectivity index (χ0) is 21.1. The smallest absolute Gasteiger partial charge is 0.414 e. The maximum Gasteiger partial charge on any atom is 0.414 e. The highest BCUT2D eigenvalue weighted by Gasteiger charge is 2.60. The summed E-state index contributed by atoms with van der Waals surface area (Å²) in [5, 5.41) is 3.18. The molecule has 2 atom stereocenters. The summed E-state index contributed by atoms with van der Waals surface area (Å²) in [4.78, 5) is 26.8. The number of rotatable bonds is 3. The molecule has 5 nitrogen and oxygen atoms in total. The van der Waals surface area contributed by atoms with Crippen molar-refractivity contribution in [2.24, 2.45) is 22.2 Å². The minimum atomic E-state index is -0.323. The Morgan fingerprint density at radius 2 is 1.87 bits per heavy atom. The summed E-state index contributed by atoms with van der Waals surface area (Å²) in [5.74, 6) is 0.946. The Bertz CT molecular complexity index is 876. The molecule has 4 saturated carbocycles. The van der Waals surface area contributed by atoms with Crippen LogP contribution in [0.25, 0.3) is 0 Å².